The molecule has 120 valence electrons. The van der Waals surface area contributed by atoms with E-state index in [4.69, 9.17) is 4.74 Å². The lowest BCUT2D eigenvalue weighted by molar-refractivity contribution is 0.0792. The van der Waals surface area contributed by atoms with Crippen LogP contribution >= 0.6 is 11.8 Å². The highest BCUT2D eigenvalue weighted by molar-refractivity contribution is 8.00. The Morgan fingerprint density at radius 3 is 2.73 bits per heavy atom. The Kier molecular flexibility index (Phi) is 4.31. The van der Waals surface area contributed by atoms with Gasteiger partial charge in [0, 0.05) is 50.3 Å². The van der Waals surface area contributed by atoms with Crippen molar-refractivity contribution >= 4 is 17.4 Å². The van der Waals surface area contributed by atoms with E-state index in [1.165, 1.54) is 16.1 Å². The summed E-state index contributed by atoms with van der Waals surface area (Å²) in [7, 11) is 0. The third-order valence-corrected chi connectivity index (χ3v) is 6.30. The number of hydrogen-bond acceptors (Lipinski definition) is 5. The second-order valence-electron chi connectivity index (χ2n) is 6.40. The van der Waals surface area contributed by atoms with Gasteiger partial charge in [0.25, 0.3) is 0 Å². The molecule has 0 aromatic heterocycles. The Hall–Kier alpha value is -0.750. The Labute approximate surface area is 137 Å². The summed E-state index contributed by atoms with van der Waals surface area (Å²) < 4.78 is 5.60. The highest BCUT2D eigenvalue weighted by atomic mass is 32.2. The first-order valence-corrected chi connectivity index (χ1v) is 9.30. The Balaban J connectivity index is 1.67. The van der Waals surface area contributed by atoms with Gasteiger partial charge in [-0.15, -0.1) is 0 Å². The molecule has 4 nitrogen and oxygen atoms in total. The highest BCUT2D eigenvalue weighted by Crippen LogP contribution is 2.48. The SMILES string of the molecule is Cc1cccc2c1N(C1CCOCC1)C(N1CCNCC1)S2. The van der Waals surface area contributed by atoms with Crippen LogP contribution in [0.3, 0.4) is 0 Å². The van der Waals surface area contributed by atoms with Crippen molar-refractivity contribution in [3.63, 3.8) is 0 Å². The lowest BCUT2D eigenvalue weighted by Gasteiger charge is -2.43. The van der Waals surface area contributed by atoms with Gasteiger partial charge in [-0.3, -0.25) is 4.90 Å². The number of anilines is 1. The van der Waals surface area contributed by atoms with Gasteiger partial charge in [0.1, 0.15) is 5.50 Å². The predicted molar refractivity (Wildman–Crippen MR) is 91.6 cm³/mol. The maximum Gasteiger partial charge on any atom is 0.135 e. The van der Waals surface area contributed by atoms with Crippen molar-refractivity contribution in [3.05, 3.63) is 23.8 Å². The minimum absolute atomic E-state index is 0.460. The van der Waals surface area contributed by atoms with Crippen LogP contribution in [-0.4, -0.2) is 55.8 Å². The molecule has 2 fully saturated rings. The summed E-state index contributed by atoms with van der Waals surface area (Å²) in [6.07, 6.45) is 2.30. The molecule has 1 aromatic rings. The van der Waals surface area contributed by atoms with E-state index in [9.17, 15) is 0 Å². The zero-order valence-corrected chi connectivity index (χ0v) is 14.1. The molecule has 1 aromatic carbocycles. The molecule has 0 saturated carbocycles. The van der Waals surface area contributed by atoms with Crippen molar-refractivity contribution in [2.75, 3.05) is 44.3 Å². The Morgan fingerprint density at radius 2 is 1.95 bits per heavy atom. The first-order valence-electron chi connectivity index (χ1n) is 8.42. The summed E-state index contributed by atoms with van der Waals surface area (Å²) in [5, 5.41) is 3.48. The summed E-state index contributed by atoms with van der Waals surface area (Å²) in [4.78, 5) is 6.81. The van der Waals surface area contributed by atoms with Gasteiger partial charge in [-0.25, -0.2) is 0 Å². The molecule has 0 spiro atoms. The fraction of sp³-hybridized carbons (Fsp3) is 0.647. The smallest absolute Gasteiger partial charge is 0.135 e. The number of fused-ring (bicyclic) bond motifs is 1. The van der Waals surface area contributed by atoms with Crippen molar-refractivity contribution < 1.29 is 4.74 Å². The first kappa shape index (κ1) is 14.8. The normalized spacial score (nSPS) is 27.1. The molecule has 1 unspecified atom stereocenters. The fourth-order valence-electron chi connectivity index (χ4n) is 3.82. The van der Waals surface area contributed by atoms with Crippen LogP contribution in [0.4, 0.5) is 5.69 Å². The molecule has 3 aliphatic rings. The van der Waals surface area contributed by atoms with Crippen LogP contribution in [0.1, 0.15) is 18.4 Å². The fourth-order valence-corrected chi connectivity index (χ4v) is 5.33. The maximum atomic E-state index is 5.60. The Bertz CT molecular complexity index is 527. The van der Waals surface area contributed by atoms with Crippen LogP contribution in [0.25, 0.3) is 0 Å². The number of para-hydroxylation sites is 1. The summed E-state index contributed by atoms with van der Waals surface area (Å²) in [5.74, 6) is 0. The van der Waals surface area contributed by atoms with Gasteiger partial charge in [0.2, 0.25) is 0 Å². The van der Waals surface area contributed by atoms with Gasteiger partial charge >= 0.3 is 0 Å². The summed E-state index contributed by atoms with van der Waals surface area (Å²) >= 11 is 2.04. The molecule has 3 heterocycles. The van der Waals surface area contributed by atoms with Crippen molar-refractivity contribution in [3.8, 4) is 0 Å². The third kappa shape index (κ3) is 2.64. The molecule has 4 rings (SSSR count). The molecule has 1 N–H and O–H groups in total. The number of thioether (sulfide) groups is 1. The van der Waals surface area contributed by atoms with Gasteiger partial charge in [-0.1, -0.05) is 23.9 Å². The second-order valence-corrected chi connectivity index (χ2v) is 7.50. The van der Waals surface area contributed by atoms with Crippen molar-refractivity contribution in [2.24, 2.45) is 0 Å². The van der Waals surface area contributed by atoms with Gasteiger partial charge in [-0.2, -0.15) is 0 Å². The number of piperazine rings is 1. The lowest BCUT2D eigenvalue weighted by Crippen LogP contribution is -2.55. The van der Waals surface area contributed by atoms with Crippen LogP contribution in [0.2, 0.25) is 0 Å². The number of benzene rings is 1. The zero-order chi connectivity index (χ0) is 14.9. The van der Waals surface area contributed by atoms with E-state index in [2.05, 4.69) is 40.2 Å². The number of hydrogen-bond donors (Lipinski definition) is 1. The molecule has 1 atom stereocenters. The molecule has 0 radical (unpaired) electrons. The molecule has 22 heavy (non-hydrogen) atoms. The molecule has 2 saturated heterocycles. The van der Waals surface area contributed by atoms with E-state index >= 15 is 0 Å². The maximum absolute atomic E-state index is 5.60. The first-order chi connectivity index (χ1) is 10.8. The Morgan fingerprint density at radius 1 is 1.18 bits per heavy atom. The van der Waals surface area contributed by atoms with E-state index in [0.29, 0.717) is 11.5 Å². The molecule has 0 amide bonds. The van der Waals surface area contributed by atoms with Crippen LogP contribution in [0, 0.1) is 6.92 Å². The number of nitrogens with one attached hydrogen (secondary N) is 1. The number of aryl methyl sites for hydroxylation is 1. The minimum Gasteiger partial charge on any atom is -0.381 e. The number of ether oxygens (including phenoxy) is 1. The molecule has 3 aliphatic heterocycles. The largest absolute Gasteiger partial charge is 0.381 e. The van der Waals surface area contributed by atoms with Gasteiger partial charge in [-0.05, 0) is 31.4 Å². The van der Waals surface area contributed by atoms with Gasteiger partial charge in [0.15, 0.2) is 0 Å². The minimum atomic E-state index is 0.460. The third-order valence-electron chi connectivity index (χ3n) is 4.98. The molecule has 0 bridgehead atoms. The van der Waals surface area contributed by atoms with E-state index in [1.54, 1.807) is 0 Å². The van der Waals surface area contributed by atoms with Crippen LogP contribution in [-0.2, 0) is 4.74 Å². The average Bonchev–Trinajstić information content (AvgIpc) is 2.97. The lowest BCUT2D eigenvalue weighted by atomic mass is 10.0. The van der Waals surface area contributed by atoms with E-state index in [-0.39, 0.29) is 0 Å². The summed E-state index contributed by atoms with van der Waals surface area (Å²) in [6.45, 7) is 8.56. The zero-order valence-electron chi connectivity index (χ0n) is 13.3. The predicted octanol–water partition coefficient (Wildman–Crippen LogP) is 2.27. The number of rotatable bonds is 2. The van der Waals surface area contributed by atoms with Gasteiger partial charge < -0.3 is 15.0 Å². The molecule has 0 aliphatic carbocycles. The van der Waals surface area contributed by atoms with Crippen LogP contribution < -0.4 is 10.2 Å². The van der Waals surface area contributed by atoms with Crippen molar-refractivity contribution in [1.82, 2.24) is 10.2 Å². The molecular weight excluding hydrogens is 294 g/mol. The quantitative estimate of drug-likeness (QED) is 0.903. The summed E-state index contributed by atoms with van der Waals surface area (Å²) in [6, 6.07) is 7.36. The van der Waals surface area contributed by atoms with E-state index in [0.717, 1.165) is 52.2 Å². The van der Waals surface area contributed by atoms with Gasteiger partial charge in [0.05, 0.1) is 5.69 Å². The standard InChI is InChI=1S/C17H25N3OS/c1-13-3-2-4-15-16(13)20(14-5-11-21-12-6-14)17(22-15)19-9-7-18-8-10-19/h2-4,14,17-18H,5-12H2,1H3. The monoisotopic (exact) mass is 319 g/mol. The highest BCUT2D eigenvalue weighted by Gasteiger charge is 2.39. The van der Waals surface area contributed by atoms with Crippen LogP contribution in [0.5, 0.6) is 0 Å². The molecule has 5 heteroatoms. The number of nitrogens with zero attached hydrogens (tertiary/aromatic N) is 2. The average molecular weight is 319 g/mol. The van der Waals surface area contributed by atoms with E-state index in [1.807, 2.05) is 11.8 Å². The topological polar surface area (TPSA) is 27.7 Å². The second kappa shape index (κ2) is 6.40. The summed E-state index contributed by atoms with van der Waals surface area (Å²) in [5.41, 5.74) is 3.35. The van der Waals surface area contributed by atoms with Crippen LogP contribution in [0.15, 0.2) is 23.1 Å². The van der Waals surface area contributed by atoms with Crippen molar-refractivity contribution in [1.29, 1.82) is 0 Å². The van der Waals surface area contributed by atoms with E-state index < -0.39 is 0 Å². The van der Waals surface area contributed by atoms with Crippen molar-refractivity contribution in [2.45, 2.75) is 36.2 Å². The molecular formula is C17H25N3OS.